The van der Waals surface area contributed by atoms with E-state index >= 15 is 0 Å². The second kappa shape index (κ2) is 6.35. The number of carbonyl (C=O) groups is 1. The van der Waals surface area contributed by atoms with Crippen LogP contribution < -0.4 is 0 Å². The molecule has 0 aliphatic carbocycles. The molecule has 2 aromatic carbocycles. The van der Waals surface area contributed by atoms with Crippen LogP contribution in [0.1, 0.15) is 24.1 Å². The van der Waals surface area contributed by atoms with Crippen LogP contribution in [0.25, 0.3) is 0 Å². The van der Waals surface area contributed by atoms with Crippen molar-refractivity contribution in [2.45, 2.75) is 19.0 Å². The molecule has 20 heavy (non-hydrogen) atoms. The molecular weight excluding hydrogens is 250 g/mol. The first-order valence-electron chi connectivity index (χ1n) is 6.66. The predicted molar refractivity (Wildman–Crippen MR) is 79.6 cm³/mol. The van der Waals surface area contributed by atoms with E-state index in [9.17, 15) is 9.90 Å². The van der Waals surface area contributed by atoms with Crippen LogP contribution in [0.3, 0.4) is 0 Å². The molecule has 3 nitrogen and oxygen atoms in total. The van der Waals surface area contributed by atoms with Gasteiger partial charge in [0.1, 0.15) is 6.04 Å². The molecule has 0 aliphatic heterocycles. The van der Waals surface area contributed by atoms with Gasteiger partial charge in [0.15, 0.2) is 0 Å². The van der Waals surface area contributed by atoms with Crippen LogP contribution in [0.15, 0.2) is 60.7 Å². The molecule has 0 saturated heterocycles. The predicted octanol–water partition coefficient (Wildman–Crippen LogP) is 3.18. The number of carboxylic acids is 1. The molecule has 3 heteroatoms. The van der Waals surface area contributed by atoms with E-state index in [1.807, 2.05) is 72.6 Å². The first-order chi connectivity index (χ1) is 9.61. The Labute approximate surface area is 119 Å². The first kappa shape index (κ1) is 14.3. The molecule has 0 aliphatic rings. The number of hydrogen-bond acceptors (Lipinski definition) is 2. The summed E-state index contributed by atoms with van der Waals surface area (Å²) >= 11 is 0. The second-order valence-electron chi connectivity index (χ2n) is 4.90. The second-order valence-corrected chi connectivity index (χ2v) is 4.90. The lowest BCUT2D eigenvalue weighted by Crippen LogP contribution is -2.39. The molecule has 104 valence electrons. The van der Waals surface area contributed by atoms with Crippen LogP contribution in [0.5, 0.6) is 0 Å². The molecule has 2 rings (SSSR count). The van der Waals surface area contributed by atoms with E-state index in [1.165, 1.54) is 0 Å². The maximum absolute atomic E-state index is 11.3. The van der Waals surface area contributed by atoms with Gasteiger partial charge >= 0.3 is 5.97 Å². The Morgan fingerprint density at radius 1 is 0.950 bits per heavy atom. The molecule has 0 amide bonds. The lowest BCUT2D eigenvalue weighted by Gasteiger charge is -2.31. The standard InChI is InChI=1S/C17H19NO2/c1-13(17(19)20)18(2)16(14-9-5-3-6-10-14)15-11-7-4-8-12-15/h3-13,16H,1-2H3,(H,19,20). The van der Waals surface area contributed by atoms with E-state index in [1.54, 1.807) is 6.92 Å². The Bertz CT molecular complexity index is 514. The summed E-state index contributed by atoms with van der Waals surface area (Å²) in [5, 5.41) is 9.25. The zero-order chi connectivity index (χ0) is 14.5. The van der Waals surface area contributed by atoms with Gasteiger partial charge in [-0.1, -0.05) is 60.7 Å². The van der Waals surface area contributed by atoms with Crippen molar-refractivity contribution in [3.63, 3.8) is 0 Å². The number of carboxylic acid groups (broad SMARTS) is 1. The summed E-state index contributed by atoms with van der Waals surface area (Å²) in [6, 6.07) is 19.3. The fraction of sp³-hybridized carbons (Fsp3) is 0.235. The lowest BCUT2D eigenvalue weighted by atomic mass is 9.96. The Morgan fingerprint density at radius 2 is 1.35 bits per heavy atom. The van der Waals surface area contributed by atoms with Crippen molar-refractivity contribution in [1.82, 2.24) is 4.90 Å². The van der Waals surface area contributed by atoms with Crippen LogP contribution in [-0.4, -0.2) is 29.1 Å². The SMILES string of the molecule is CC(C(=O)O)N(C)C(c1ccccc1)c1ccccc1. The quantitative estimate of drug-likeness (QED) is 0.906. The van der Waals surface area contributed by atoms with Crippen molar-refractivity contribution >= 4 is 5.97 Å². The van der Waals surface area contributed by atoms with Gasteiger partial charge in [0.05, 0.1) is 6.04 Å². The van der Waals surface area contributed by atoms with Crippen LogP contribution in [0.2, 0.25) is 0 Å². The number of nitrogens with zero attached hydrogens (tertiary/aromatic N) is 1. The van der Waals surface area contributed by atoms with E-state index in [2.05, 4.69) is 0 Å². The highest BCUT2D eigenvalue weighted by Crippen LogP contribution is 2.28. The normalized spacial score (nSPS) is 12.6. The van der Waals surface area contributed by atoms with Crippen LogP contribution in [0.4, 0.5) is 0 Å². The third-order valence-electron chi connectivity index (χ3n) is 3.61. The van der Waals surface area contributed by atoms with E-state index in [4.69, 9.17) is 0 Å². The summed E-state index contributed by atoms with van der Waals surface area (Å²) in [6.45, 7) is 1.71. The minimum absolute atomic E-state index is 0.0662. The summed E-state index contributed by atoms with van der Waals surface area (Å²) in [7, 11) is 1.85. The van der Waals surface area contributed by atoms with Crippen molar-refractivity contribution < 1.29 is 9.90 Å². The topological polar surface area (TPSA) is 40.5 Å². The average Bonchev–Trinajstić information content (AvgIpc) is 2.48. The highest BCUT2D eigenvalue weighted by atomic mass is 16.4. The van der Waals surface area contributed by atoms with E-state index < -0.39 is 12.0 Å². The van der Waals surface area contributed by atoms with Gasteiger partial charge in [-0.05, 0) is 25.1 Å². The number of likely N-dealkylation sites (N-methyl/N-ethyl adjacent to an activating group) is 1. The summed E-state index contributed by atoms with van der Waals surface area (Å²) < 4.78 is 0. The van der Waals surface area contributed by atoms with E-state index in [-0.39, 0.29) is 6.04 Å². The van der Waals surface area contributed by atoms with Crippen LogP contribution in [0, 0.1) is 0 Å². The zero-order valence-electron chi connectivity index (χ0n) is 11.7. The van der Waals surface area contributed by atoms with Crippen molar-refractivity contribution in [2.75, 3.05) is 7.05 Å². The minimum atomic E-state index is -0.815. The van der Waals surface area contributed by atoms with Gasteiger partial charge in [0.25, 0.3) is 0 Å². The van der Waals surface area contributed by atoms with Gasteiger partial charge in [-0.15, -0.1) is 0 Å². The van der Waals surface area contributed by atoms with Crippen LogP contribution >= 0.6 is 0 Å². The van der Waals surface area contributed by atoms with Gasteiger partial charge in [0.2, 0.25) is 0 Å². The lowest BCUT2D eigenvalue weighted by molar-refractivity contribution is -0.142. The molecular formula is C17H19NO2. The van der Waals surface area contributed by atoms with Crippen molar-refractivity contribution in [3.8, 4) is 0 Å². The summed E-state index contributed by atoms with van der Waals surface area (Å²) in [5.41, 5.74) is 2.18. The average molecular weight is 269 g/mol. The molecule has 0 saturated carbocycles. The Morgan fingerprint density at radius 3 is 1.70 bits per heavy atom. The molecule has 2 aromatic rings. The summed E-state index contributed by atoms with van der Waals surface area (Å²) in [6.07, 6.45) is 0. The van der Waals surface area contributed by atoms with Gasteiger partial charge in [-0.2, -0.15) is 0 Å². The zero-order valence-corrected chi connectivity index (χ0v) is 11.7. The molecule has 0 radical (unpaired) electrons. The van der Waals surface area contributed by atoms with Crippen molar-refractivity contribution in [3.05, 3.63) is 71.8 Å². The third kappa shape index (κ3) is 3.06. The Hall–Kier alpha value is -2.13. The number of aliphatic carboxylic acids is 1. The summed E-state index contributed by atoms with van der Waals surface area (Å²) in [4.78, 5) is 13.1. The maximum atomic E-state index is 11.3. The molecule has 0 spiro atoms. The molecule has 0 bridgehead atoms. The molecule has 1 N–H and O–H groups in total. The third-order valence-corrected chi connectivity index (χ3v) is 3.61. The van der Waals surface area contributed by atoms with E-state index in [0.29, 0.717) is 0 Å². The Balaban J connectivity index is 2.43. The number of hydrogen-bond donors (Lipinski definition) is 1. The van der Waals surface area contributed by atoms with Crippen LogP contribution in [-0.2, 0) is 4.79 Å². The molecule has 1 unspecified atom stereocenters. The van der Waals surface area contributed by atoms with E-state index in [0.717, 1.165) is 11.1 Å². The number of benzene rings is 2. The smallest absolute Gasteiger partial charge is 0.320 e. The van der Waals surface area contributed by atoms with Crippen molar-refractivity contribution in [2.24, 2.45) is 0 Å². The van der Waals surface area contributed by atoms with Gasteiger partial charge in [-0.3, -0.25) is 9.69 Å². The van der Waals surface area contributed by atoms with Gasteiger partial charge < -0.3 is 5.11 Å². The Kier molecular flexibility index (Phi) is 4.53. The first-order valence-corrected chi connectivity index (χ1v) is 6.66. The summed E-state index contributed by atoms with van der Waals surface area (Å²) in [5.74, 6) is -0.815. The molecule has 1 atom stereocenters. The largest absolute Gasteiger partial charge is 0.480 e. The molecule has 0 aromatic heterocycles. The van der Waals surface area contributed by atoms with Gasteiger partial charge in [0, 0.05) is 0 Å². The van der Waals surface area contributed by atoms with Gasteiger partial charge in [-0.25, -0.2) is 0 Å². The number of rotatable bonds is 5. The fourth-order valence-electron chi connectivity index (χ4n) is 2.33. The highest BCUT2D eigenvalue weighted by Gasteiger charge is 2.26. The highest BCUT2D eigenvalue weighted by molar-refractivity contribution is 5.73. The molecule has 0 heterocycles. The monoisotopic (exact) mass is 269 g/mol. The minimum Gasteiger partial charge on any atom is -0.480 e. The van der Waals surface area contributed by atoms with Crippen molar-refractivity contribution in [1.29, 1.82) is 0 Å². The fourth-order valence-corrected chi connectivity index (χ4v) is 2.33. The molecule has 0 fully saturated rings. The maximum Gasteiger partial charge on any atom is 0.320 e.